The number of alkyl halides is 2. The first-order valence-electron chi connectivity index (χ1n) is 8.00. The van der Waals surface area contributed by atoms with Crippen molar-refractivity contribution >= 4 is 23.6 Å². The van der Waals surface area contributed by atoms with Gasteiger partial charge in [-0.05, 0) is 37.5 Å². The molecular weight excluding hydrogens is 354 g/mol. The minimum atomic E-state index is -2.93. The van der Waals surface area contributed by atoms with Gasteiger partial charge in [0.15, 0.2) is 0 Å². The van der Waals surface area contributed by atoms with Crippen LogP contribution >= 0.6 is 11.6 Å². The first-order valence-corrected chi connectivity index (χ1v) is 8.38. The molecule has 1 fully saturated rings. The number of carbonyl (C=O) groups excluding carboxylic acids is 1. The Hall–Kier alpha value is -1.57. The fourth-order valence-electron chi connectivity index (χ4n) is 3.39. The van der Waals surface area contributed by atoms with E-state index in [2.05, 4.69) is 15.0 Å². The number of fused-ring (bicyclic) bond motifs is 1. The molecule has 1 saturated carbocycles. The molecule has 0 bridgehead atoms. The predicted octanol–water partition coefficient (Wildman–Crippen LogP) is 3.03. The molecule has 136 valence electrons. The van der Waals surface area contributed by atoms with Crippen LogP contribution in [0.2, 0.25) is 0 Å². The van der Waals surface area contributed by atoms with Crippen molar-refractivity contribution < 1.29 is 23.4 Å². The van der Waals surface area contributed by atoms with Gasteiger partial charge < -0.3 is 15.2 Å². The van der Waals surface area contributed by atoms with Crippen molar-refractivity contribution in [3.8, 4) is 0 Å². The summed E-state index contributed by atoms with van der Waals surface area (Å²) < 4.78 is 29.6. The van der Waals surface area contributed by atoms with Crippen molar-refractivity contribution in [2.24, 2.45) is 0 Å². The van der Waals surface area contributed by atoms with Gasteiger partial charge in [-0.15, -0.1) is 0 Å². The van der Waals surface area contributed by atoms with Gasteiger partial charge in [-0.3, -0.25) is 9.78 Å². The fourth-order valence-corrected chi connectivity index (χ4v) is 3.75. The number of nitrogens with zero attached hydrogens (tertiary/aromatic N) is 1. The second-order valence-corrected chi connectivity index (χ2v) is 7.35. The number of aromatic nitrogens is 1. The van der Waals surface area contributed by atoms with Crippen molar-refractivity contribution in [3.63, 3.8) is 0 Å². The maximum atomic E-state index is 12.5. The van der Waals surface area contributed by atoms with E-state index in [9.17, 15) is 18.7 Å². The molecule has 25 heavy (non-hydrogen) atoms. The number of nitrogens with one attached hydrogen (secondary N) is 1. The average Bonchev–Trinajstić information content (AvgIpc) is 2.48. The molecule has 5 nitrogen and oxygen atoms in total. The molecule has 1 amide bonds. The number of pyridine rings is 1. The molecule has 1 heterocycles. The van der Waals surface area contributed by atoms with Gasteiger partial charge in [-0.25, -0.2) is 0 Å². The summed E-state index contributed by atoms with van der Waals surface area (Å²) in [6.45, 7) is 0.494. The lowest BCUT2D eigenvalue weighted by Gasteiger charge is -2.41. The number of amides is 1. The highest BCUT2D eigenvalue weighted by atomic mass is 35.5. The predicted molar refractivity (Wildman–Crippen MR) is 88.5 cm³/mol. The summed E-state index contributed by atoms with van der Waals surface area (Å²) in [6, 6.07) is 1.56. The highest BCUT2D eigenvalue weighted by Gasteiger charge is 2.39. The quantitative estimate of drug-likeness (QED) is 0.852. The van der Waals surface area contributed by atoms with E-state index in [1.54, 1.807) is 19.9 Å². The van der Waals surface area contributed by atoms with Crippen LogP contribution in [0, 0.1) is 0 Å². The lowest BCUT2D eigenvalue weighted by molar-refractivity contribution is -0.155. The third kappa shape index (κ3) is 3.83. The maximum Gasteiger partial charge on any atom is 0.345 e. The lowest BCUT2D eigenvalue weighted by atomic mass is 9.77. The van der Waals surface area contributed by atoms with Gasteiger partial charge in [0.25, 0.3) is 5.91 Å². The van der Waals surface area contributed by atoms with E-state index in [1.165, 1.54) is 12.3 Å². The van der Waals surface area contributed by atoms with E-state index < -0.39 is 24.2 Å². The molecule has 0 aromatic carbocycles. The minimum Gasteiger partial charge on any atom is -0.390 e. The van der Waals surface area contributed by atoms with Crippen LogP contribution < -0.4 is 5.32 Å². The third-order valence-electron chi connectivity index (χ3n) is 4.62. The van der Waals surface area contributed by atoms with Gasteiger partial charge in [0.05, 0.1) is 16.9 Å². The van der Waals surface area contributed by atoms with Crippen LogP contribution in [-0.2, 0) is 4.74 Å². The largest absolute Gasteiger partial charge is 0.390 e. The van der Waals surface area contributed by atoms with Gasteiger partial charge in [0.2, 0.25) is 0 Å². The number of carbonyl (C=O) groups is 1. The monoisotopic (exact) mass is 372 g/mol. The number of hydrogen-bond acceptors (Lipinski definition) is 4. The molecule has 0 aliphatic heterocycles. The fraction of sp³-hybridized carbons (Fsp3) is 0.529. The molecule has 8 heteroatoms. The number of hydrogen-bond donors (Lipinski definition) is 2. The zero-order valence-electron chi connectivity index (χ0n) is 13.8. The molecule has 2 N–H and O–H groups in total. The van der Waals surface area contributed by atoms with Crippen molar-refractivity contribution in [1.82, 2.24) is 10.3 Å². The summed E-state index contributed by atoms with van der Waals surface area (Å²) in [5.74, 6) is -0.751. The lowest BCUT2D eigenvalue weighted by Crippen LogP contribution is -2.53. The van der Waals surface area contributed by atoms with Gasteiger partial charge in [-0.2, -0.15) is 8.78 Å². The van der Waals surface area contributed by atoms with Crippen molar-refractivity contribution in [2.45, 2.75) is 57.0 Å². The molecular formula is C17H19ClF2N2O3. The van der Waals surface area contributed by atoms with Crippen LogP contribution in [0.25, 0.3) is 6.08 Å². The molecule has 3 rings (SSSR count). The normalized spacial score (nSPS) is 31.2. The standard InChI is InChI=1S/C17H19ClF2N2O3/c1-8-13-9(4-12(18)14(8)25-16(19)20)3-10(7-21-13)15(23)22-11-5-17(2,24)6-11/h3-4,7-8,11,14,16,24H,5-6H2,1-2H3,(H,22,23). The second kappa shape index (κ2) is 6.63. The van der Waals surface area contributed by atoms with E-state index in [0.717, 1.165) is 0 Å². The Morgan fingerprint density at radius 1 is 1.52 bits per heavy atom. The summed E-state index contributed by atoms with van der Waals surface area (Å²) in [4.78, 5) is 16.6. The van der Waals surface area contributed by atoms with Crippen LogP contribution in [0.3, 0.4) is 0 Å². The molecule has 0 spiro atoms. The Morgan fingerprint density at radius 2 is 2.20 bits per heavy atom. The van der Waals surface area contributed by atoms with Gasteiger partial charge in [-0.1, -0.05) is 18.5 Å². The average molecular weight is 373 g/mol. The second-order valence-electron chi connectivity index (χ2n) is 6.91. The molecule has 1 aromatic heterocycles. The van der Waals surface area contributed by atoms with Crippen molar-refractivity contribution in [1.29, 1.82) is 0 Å². The summed E-state index contributed by atoms with van der Waals surface area (Å²) in [6.07, 6.45) is 2.97. The smallest absolute Gasteiger partial charge is 0.345 e. The minimum absolute atomic E-state index is 0.0691. The maximum absolute atomic E-state index is 12.5. The molecule has 0 radical (unpaired) electrons. The molecule has 0 saturated heterocycles. The Labute approximate surface area is 149 Å². The van der Waals surface area contributed by atoms with Crippen LogP contribution in [0.5, 0.6) is 0 Å². The van der Waals surface area contributed by atoms with E-state index in [4.69, 9.17) is 11.6 Å². The van der Waals surface area contributed by atoms with E-state index in [0.29, 0.717) is 29.7 Å². The third-order valence-corrected chi connectivity index (χ3v) is 4.94. The van der Waals surface area contributed by atoms with Gasteiger partial charge in [0, 0.05) is 23.2 Å². The number of aliphatic hydroxyl groups is 1. The highest BCUT2D eigenvalue weighted by Crippen LogP contribution is 2.37. The zero-order chi connectivity index (χ0) is 18.4. The van der Waals surface area contributed by atoms with Crippen molar-refractivity contribution in [2.75, 3.05) is 0 Å². The van der Waals surface area contributed by atoms with Gasteiger partial charge >= 0.3 is 6.61 Å². The number of halogens is 3. The first-order chi connectivity index (χ1) is 11.7. The number of ether oxygens (including phenoxy) is 1. The van der Waals surface area contributed by atoms with E-state index >= 15 is 0 Å². The van der Waals surface area contributed by atoms with Gasteiger partial charge in [0.1, 0.15) is 6.10 Å². The Morgan fingerprint density at radius 3 is 2.80 bits per heavy atom. The van der Waals surface area contributed by atoms with Crippen molar-refractivity contribution in [3.05, 3.63) is 34.1 Å². The Bertz CT molecular complexity index is 716. The van der Waals surface area contributed by atoms with Crippen LogP contribution in [0.1, 0.15) is 54.2 Å². The molecule has 1 aromatic rings. The SMILES string of the molecule is CC1c2ncc(C(=O)NC3CC(C)(O)C3)cc2C=C(Cl)C1OC(F)F. The summed E-state index contributed by atoms with van der Waals surface area (Å²) in [7, 11) is 0. The summed E-state index contributed by atoms with van der Waals surface area (Å²) in [5.41, 5.74) is 0.793. The highest BCUT2D eigenvalue weighted by molar-refractivity contribution is 6.32. The number of rotatable bonds is 4. The Balaban J connectivity index is 1.76. The van der Waals surface area contributed by atoms with Crippen LogP contribution in [0.15, 0.2) is 17.3 Å². The molecule has 2 aliphatic carbocycles. The first kappa shape index (κ1) is 18.2. The van der Waals surface area contributed by atoms with Crippen LogP contribution in [0.4, 0.5) is 8.78 Å². The molecule has 2 aliphatic rings. The topological polar surface area (TPSA) is 71.5 Å². The van der Waals surface area contributed by atoms with Crippen LogP contribution in [-0.4, -0.2) is 40.4 Å². The Kier molecular flexibility index (Phi) is 4.83. The van der Waals surface area contributed by atoms with E-state index in [1.807, 2.05) is 0 Å². The summed E-state index contributed by atoms with van der Waals surface area (Å²) >= 11 is 6.08. The molecule has 2 unspecified atom stereocenters. The summed E-state index contributed by atoms with van der Waals surface area (Å²) in [5, 5.41) is 12.7. The van der Waals surface area contributed by atoms with E-state index in [-0.39, 0.29) is 17.0 Å². The molecule has 2 atom stereocenters. The zero-order valence-corrected chi connectivity index (χ0v) is 14.6.